The van der Waals surface area contributed by atoms with E-state index >= 15 is 0 Å². The Labute approximate surface area is 142 Å². The van der Waals surface area contributed by atoms with Crippen molar-refractivity contribution in [3.05, 3.63) is 70.9 Å². The number of rotatable bonds is 5. The van der Waals surface area contributed by atoms with Gasteiger partial charge in [-0.1, -0.05) is 0 Å². The number of nitro benzene ring substituents is 1. The SMILES string of the molecule is Nc1ccc(S(=O)(=O)Nc2ccnn2-c2ccc([N+](=O)[O-])cc2)cc1. The van der Waals surface area contributed by atoms with Gasteiger partial charge in [0.25, 0.3) is 15.7 Å². The summed E-state index contributed by atoms with van der Waals surface area (Å²) in [6.07, 6.45) is 1.42. The van der Waals surface area contributed by atoms with Crippen LogP contribution in [0.15, 0.2) is 65.7 Å². The van der Waals surface area contributed by atoms with Crippen LogP contribution in [-0.2, 0) is 10.0 Å². The first-order valence-electron chi connectivity index (χ1n) is 7.04. The Morgan fingerprint density at radius 1 is 1.04 bits per heavy atom. The van der Waals surface area contributed by atoms with Crippen LogP contribution >= 0.6 is 0 Å². The van der Waals surface area contributed by atoms with Crippen molar-refractivity contribution in [3.8, 4) is 5.69 Å². The molecule has 0 unspecified atom stereocenters. The molecule has 128 valence electrons. The van der Waals surface area contributed by atoms with E-state index < -0.39 is 14.9 Å². The molecule has 3 aromatic rings. The Kier molecular flexibility index (Phi) is 4.11. The lowest BCUT2D eigenvalue weighted by Gasteiger charge is -2.10. The van der Waals surface area contributed by atoms with Crippen LogP contribution in [-0.4, -0.2) is 23.1 Å². The summed E-state index contributed by atoms with van der Waals surface area (Å²) in [6, 6.07) is 12.8. The zero-order chi connectivity index (χ0) is 18.0. The maximum Gasteiger partial charge on any atom is 0.269 e. The average molecular weight is 359 g/mol. The summed E-state index contributed by atoms with van der Waals surface area (Å²) in [7, 11) is -3.83. The molecule has 3 rings (SSSR count). The van der Waals surface area contributed by atoms with Crippen molar-refractivity contribution >= 4 is 27.2 Å². The first-order valence-corrected chi connectivity index (χ1v) is 8.52. The highest BCUT2D eigenvalue weighted by atomic mass is 32.2. The Morgan fingerprint density at radius 3 is 2.28 bits per heavy atom. The molecular formula is C15H13N5O4S. The minimum atomic E-state index is -3.83. The number of nitrogens with one attached hydrogen (secondary N) is 1. The van der Waals surface area contributed by atoms with E-state index in [0.29, 0.717) is 11.4 Å². The third-order valence-corrected chi connectivity index (χ3v) is 4.75. The maximum atomic E-state index is 12.5. The van der Waals surface area contributed by atoms with E-state index in [0.717, 1.165) is 0 Å². The first-order chi connectivity index (χ1) is 11.9. The topological polar surface area (TPSA) is 133 Å². The first kappa shape index (κ1) is 16.5. The number of nitrogens with two attached hydrogens (primary N) is 1. The van der Waals surface area contributed by atoms with Gasteiger partial charge in [-0.15, -0.1) is 0 Å². The number of aromatic nitrogens is 2. The van der Waals surface area contributed by atoms with Crippen molar-refractivity contribution in [2.24, 2.45) is 0 Å². The fourth-order valence-corrected chi connectivity index (χ4v) is 3.19. The summed E-state index contributed by atoms with van der Waals surface area (Å²) in [5, 5.41) is 14.8. The summed E-state index contributed by atoms with van der Waals surface area (Å²) in [4.78, 5) is 10.3. The molecule has 0 amide bonds. The van der Waals surface area contributed by atoms with Gasteiger partial charge in [-0.2, -0.15) is 5.10 Å². The molecule has 0 aliphatic carbocycles. The molecule has 0 aliphatic rings. The molecule has 0 saturated heterocycles. The number of nitro groups is 1. The van der Waals surface area contributed by atoms with Crippen molar-refractivity contribution < 1.29 is 13.3 Å². The second-order valence-electron chi connectivity index (χ2n) is 5.08. The Morgan fingerprint density at radius 2 is 1.68 bits per heavy atom. The second-order valence-corrected chi connectivity index (χ2v) is 6.76. The normalized spacial score (nSPS) is 11.2. The molecule has 10 heteroatoms. The fourth-order valence-electron chi connectivity index (χ4n) is 2.15. The lowest BCUT2D eigenvalue weighted by atomic mass is 10.3. The van der Waals surface area contributed by atoms with Crippen LogP contribution in [0.1, 0.15) is 0 Å². The number of nitrogens with zero attached hydrogens (tertiary/aromatic N) is 3. The van der Waals surface area contributed by atoms with Gasteiger partial charge >= 0.3 is 0 Å². The molecule has 25 heavy (non-hydrogen) atoms. The Hall–Kier alpha value is -3.40. The number of hydrogen-bond donors (Lipinski definition) is 2. The third kappa shape index (κ3) is 3.43. The van der Waals surface area contributed by atoms with Gasteiger partial charge in [-0.05, 0) is 36.4 Å². The van der Waals surface area contributed by atoms with Crippen LogP contribution in [0.3, 0.4) is 0 Å². The number of hydrogen-bond acceptors (Lipinski definition) is 6. The standard InChI is InChI=1S/C15H13N5O4S/c16-11-1-7-14(8-2-11)25(23,24)18-15-9-10-17-19(15)12-3-5-13(6-4-12)20(21)22/h1-10,18H,16H2. The number of benzene rings is 2. The summed E-state index contributed by atoms with van der Waals surface area (Å²) >= 11 is 0. The smallest absolute Gasteiger partial charge is 0.269 e. The summed E-state index contributed by atoms with van der Waals surface area (Å²) in [6.45, 7) is 0. The largest absolute Gasteiger partial charge is 0.399 e. The average Bonchev–Trinajstić information content (AvgIpc) is 3.02. The Balaban J connectivity index is 1.91. The van der Waals surface area contributed by atoms with Gasteiger partial charge in [0.15, 0.2) is 0 Å². The maximum absolute atomic E-state index is 12.5. The molecule has 0 bridgehead atoms. The van der Waals surface area contributed by atoms with E-state index in [2.05, 4.69) is 9.82 Å². The quantitative estimate of drug-likeness (QED) is 0.407. The van der Waals surface area contributed by atoms with Crippen LogP contribution in [0.4, 0.5) is 17.2 Å². The van der Waals surface area contributed by atoms with Gasteiger partial charge in [0.2, 0.25) is 0 Å². The van der Waals surface area contributed by atoms with Gasteiger partial charge in [0.05, 0.1) is 21.7 Å². The molecule has 0 radical (unpaired) electrons. The van der Waals surface area contributed by atoms with Gasteiger partial charge in [-0.3, -0.25) is 14.8 Å². The minimum Gasteiger partial charge on any atom is -0.399 e. The molecule has 0 spiro atoms. The van der Waals surface area contributed by atoms with Crippen molar-refractivity contribution in [2.45, 2.75) is 4.90 Å². The van der Waals surface area contributed by atoms with Crippen molar-refractivity contribution in [1.82, 2.24) is 9.78 Å². The Bertz CT molecular complexity index is 1010. The molecule has 9 nitrogen and oxygen atoms in total. The number of nitrogen functional groups attached to an aromatic ring is 1. The summed E-state index contributed by atoms with van der Waals surface area (Å²) in [5.74, 6) is 0.200. The second kappa shape index (κ2) is 6.24. The third-order valence-electron chi connectivity index (χ3n) is 3.38. The molecule has 0 aliphatic heterocycles. The van der Waals surface area contributed by atoms with Gasteiger partial charge in [0.1, 0.15) is 5.82 Å². The van der Waals surface area contributed by atoms with Crippen LogP contribution < -0.4 is 10.5 Å². The van der Waals surface area contributed by atoms with E-state index in [1.54, 1.807) is 0 Å². The van der Waals surface area contributed by atoms with Crippen molar-refractivity contribution in [2.75, 3.05) is 10.5 Å². The molecule has 1 heterocycles. The molecule has 0 fully saturated rings. The molecule has 0 saturated carbocycles. The number of anilines is 2. The summed E-state index contributed by atoms with van der Waals surface area (Å²) in [5.41, 5.74) is 6.42. The van der Waals surface area contributed by atoms with Crippen LogP contribution in [0.5, 0.6) is 0 Å². The van der Waals surface area contributed by atoms with E-state index in [1.165, 1.54) is 65.5 Å². The number of sulfonamides is 1. The highest BCUT2D eigenvalue weighted by Crippen LogP contribution is 2.21. The van der Waals surface area contributed by atoms with E-state index in [1.807, 2.05) is 0 Å². The molecular weight excluding hydrogens is 346 g/mol. The minimum absolute atomic E-state index is 0.0538. The van der Waals surface area contributed by atoms with E-state index in [-0.39, 0.29) is 16.4 Å². The molecule has 3 N–H and O–H groups in total. The van der Waals surface area contributed by atoms with Crippen molar-refractivity contribution in [3.63, 3.8) is 0 Å². The molecule has 2 aromatic carbocycles. The molecule has 0 atom stereocenters. The van der Waals surface area contributed by atoms with Crippen molar-refractivity contribution in [1.29, 1.82) is 0 Å². The van der Waals surface area contributed by atoms with Gasteiger partial charge in [-0.25, -0.2) is 13.1 Å². The zero-order valence-electron chi connectivity index (χ0n) is 12.7. The fraction of sp³-hybridized carbons (Fsp3) is 0. The lowest BCUT2D eigenvalue weighted by Crippen LogP contribution is -2.16. The molecule has 1 aromatic heterocycles. The predicted molar refractivity (Wildman–Crippen MR) is 91.9 cm³/mol. The highest BCUT2D eigenvalue weighted by Gasteiger charge is 2.17. The van der Waals surface area contributed by atoms with E-state index in [4.69, 9.17) is 5.73 Å². The monoisotopic (exact) mass is 359 g/mol. The van der Waals surface area contributed by atoms with Gasteiger partial charge < -0.3 is 5.73 Å². The lowest BCUT2D eigenvalue weighted by molar-refractivity contribution is -0.384. The highest BCUT2D eigenvalue weighted by molar-refractivity contribution is 7.92. The van der Waals surface area contributed by atoms with Crippen LogP contribution in [0, 0.1) is 10.1 Å². The van der Waals surface area contributed by atoms with E-state index in [9.17, 15) is 18.5 Å². The predicted octanol–water partition coefficient (Wildman–Crippen LogP) is 2.16. The zero-order valence-corrected chi connectivity index (χ0v) is 13.6. The van der Waals surface area contributed by atoms with Crippen LogP contribution in [0.2, 0.25) is 0 Å². The number of non-ortho nitro benzene ring substituents is 1. The van der Waals surface area contributed by atoms with Gasteiger partial charge in [0, 0.05) is 23.9 Å². The summed E-state index contributed by atoms with van der Waals surface area (Å²) < 4.78 is 28.7. The van der Waals surface area contributed by atoms with Crippen LogP contribution in [0.25, 0.3) is 5.69 Å².